The van der Waals surface area contributed by atoms with E-state index in [0.29, 0.717) is 24.5 Å². The van der Waals surface area contributed by atoms with Crippen molar-refractivity contribution in [3.63, 3.8) is 0 Å². The number of pyridine rings is 2. The quantitative estimate of drug-likeness (QED) is 0.553. The summed E-state index contributed by atoms with van der Waals surface area (Å²) in [5, 5.41) is 13.9. The Balaban J connectivity index is 1.60. The van der Waals surface area contributed by atoms with Crippen LogP contribution in [0.4, 0.5) is 17.2 Å². The minimum atomic E-state index is -0.561. The molecule has 3 aromatic rings. The van der Waals surface area contributed by atoms with Crippen LogP contribution in [0.1, 0.15) is 27.2 Å². The van der Waals surface area contributed by atoms with Crippen molar-refractivity contribution in [1.82, 2.24) is 9.97 Å². The number of carbonyl (C=O) groups excluding carboxylic acids is 1. The van der Waals surface area contributed by atoms with Crippen LogP contribution < -0.4 is 10.2 Å². The van der Waals surface area contributed by atoms with Gasteiger partial charge in [0.25, 0.3) is 11.6 Å². The van der Waals surface area contributed by atoms with Gasteiger partial charge in [-0.25, -0.2) is 4.98 Å². The number of anilines is 2. The van der Waals surface area contributed by atoms with Gasteiger partial charge < -0.3 is 10.2 Å². The minimum Gasteiger partial charge on any atom is -0.348 e. The number of aromatic nitrogens is 2. The van der Waals surface area contributed by atoms with E-state index in [1.807, 2.05) is 36.4 Å². The number of benzene rings is 1. The van der Waals surface area contributed by atoms with Gasteiger partial charge in [0, 0.05) is 31.0 Å². The molecule has 1 aliphatic heterocycles. The lowest BCUT2D eigenvalue weighted by atomic mass is 10.1. The Hall–Kier alpha value is -3.81. The number of fused-ring (bicyclic) bond motifs is 1. The third kappa shape index (κ3) is 3.27. The van der Waals surface area contributed by atoms with E-state index in [1.165, 1.54) is 6.07 Å². The van der Waals surface area contributed by atoms with Crippen LogP contribution in [0.5, 0.6) is 0 Å². The number of carbonyl (C=O) groups is 1. The van der Waals surface area contributed by atoms with Crippen LogP contribution in [0.25, 0.3) is 0 Å². The highest BCUT2D eigenvalue weighted by molar-refractivity contribution is 6.05. The van der Waals surface area contributed by atoms with Crippen LogP contribution in [0.15, 0.2) is 54.9 Å². The van der Waals surface area contributed by atoms with Gasteiger partial charge in [0.05, 0.1) is 16.2 Å². The van der Waals surface area contributed by atoms with Crippen molar-refractivity contribution in [3.8, 4) is 0 Å². The van der Waals surface area contributed by atoms with Crippen molar-refractivity contribution in [2.24, 2.45) is 0 Å². The Kier molecular flexibility index (Phi) is 4.44. The second-order valence-electron chi connectivity index (χ2n) is 6.52. The first-order valence-electron chi connectivity index (χ1n) is 8.72. The van der Waals surface area contributed by atoms with Gasteiger partial charge in [0.1, 0.15) is 12.0 Å². The summed E-state index contributed by atoms with van der Waals surface area (Å²) < 4.78 is 0. The van der Waals surface area contributed by atoms with Crippen molar-refractivity contribution in [1.29, 1.82) is 0 Å². The van der Waals surface area contributed by atoms with E-state index in [1.54, 1.807) is 13.1 Å². The summed E-state index contributed by atoms with van der Waals surface area (Å²) in [7, 11) is 0. The fourth-order valence-electron chi connectivity index (χ4n) is 3.28. The fourth-order valence-corrected chi connectivity index (χ4v) is 3.28. The lowest BCUT2D eigenvalue weighted by Crippen LogP contribution is -2.17. The molecule has 1 amide bonds. The molecule has 3 heterocycles. The van der Waals surface area contributed by atoms with Gasteiger partial charge in [-0.2, -0.15) is 0 Å². The van der Waals surface area contributed by atoms with Crippen molar-refractivity contribution in [2.75, 3.05) is 10.2 Å². The number of nitrogens with zero attached hydrogens (tertiary/aromatic N) is 4. The normalized spacial score (nSPS) is 12.5. The number of aryl methyl sites for hydroxylation is 1. The van der Waals surface area contributed by atoms with Crippen LogP contribution in [0.2, 0.25) is 0 Å². The van der Waals surface area contributed by atoms with E-state index in [9.17, 15) is 14.9 Å². The summed E-state index contributed by atoms with van der Waals surface area (Å²) >= 11 is 0. The average molecular weight is 375 g/mol. The summed E-state index contributed by atoms with van der Waals surface area (Å²) in [5.41, 5.74) is 3.22. The second-order valence-corrected chi connectivity index (χ2v) is 6.52. The average Bonchev–Trinajstić information content (AvgIpc) is 3.14. The van der Waals surface area contributed by atoms with E-state index < -0.39 is 10.8 Å². The predicted octanol–water partition coefficient (Wildman–Crippen LogP) is 3.47. The van der Waals surface area contributed by atoms with Crippen LogP contribution in [-0.4, -0.2) is 20.8 Å². The molecule has 8 nitrogen and oxygen atoms in total. The molecule has 1 aliphatic rings. The van der Waals surface area contributed by atoms with Gasteiger partial charge in [-0.1, -0.05) is 18.2 Å². The zero-order valence-corrected chi connectivity index (χ0v) is 15.1. The summed E-state index contributed by atoms with van der Waals surface area (Å²) in [6, 6.07) is 12.7. The summed E-state index contributed by atoms with van der Waals surface area (Å²) in [6.45, 7) is 2.97. The third-order valence-electron chi connectivity index (χ3n) is 4.73. The number of nitrogens with one attached hydrogen (secondary N) is 1. The van der Waals surface area contributed by atoms with Gasteiger partial charge in [-0.3, -0.25) is 19.9 Å². The molecule has 0 unspecified atom stereocenters. The molecule has 0 spiro atoms. The van der Waals surface area contributed by atoms with Crippen molar-refractivity contribution < 1.29 is 9.72 Å². The van der Waals surface area contributed by atoms with Crippen molar-refractivity contribution >= 4 is 23.1 Å². The topological polar surface area (TPSA) is 101 Å². The molecule has 1 aromatic carbocycles. The maximum atomic E-state index is 12.8. The maximum absolute atomic E-state index is 12.8. The van der Waals surface area contributed by atoms with Gasteiger partial charge >= 0.3 is 0 Å². The molecule has 0 atom stereocenters. The Labute approximate surface area is 161 Å². The second kappa shape index (κ2) is 7.07. The number of amides is 1. The molecule has 0 saturated carbocycles. The molecule has 28 heavy (non-hydrogen) atoms. The van der Waals surface area contributed by atoms with Crippen molar-refractivity contribution in [2.45, 2.75) is 20.0 Å². The first-order valence-corrected chi connectivity index (χ1v) is 8.72. The van der Waals surface area contributed by atoms with Crippen LogP contribution >= 0.6 is 0 Å². The highest BCUT2D eigenvalue weighted by Crippen LogP contribution is 2.32. The Bertz CT molecular complexity index is 1070. The molecule has 140 valence electrons. The molecule has 0 radical (unpaired) electrons. The van der Waals surface area contributed by atoms with Crippen LogP contribution in [-0.2, 0) is 13.1 Å². The molecular formula is C20H17N5O3. The molecule has 0 aliphatic carbocycles. The van der Waals surface area contributed by atoms with Crippen molar-refractivity contribution in [3.05, 3.63) is 87.4 Å². The van der Waals surface area contributed by atoms with E-state index in [-0.39, 0.29) is 11.3 Å². The number of nitro groups is 1. The highest BCUT2D eigenvalue weighted by atomic mass is 16.6. The lowest BCUT2D eigenvalue weighted by Gasteiger charge is -2.16. The van der Waals surface area contributed by atoms with E-state index in [0.717, 1.165) is 23.1 Å². The molecule has 4 rings (SSSR count). The molecule has 0 saturated heterocycles. The van der Waals surface area contributed by atoms with Crippen LogP contribution in [0.3, 0.4) is 0 Å². The van der Waals surface area contributed by atoms with Gasteiger partial charge in [-0.15, -0.1) is 0 Å². The molecule has 0 fully saturated rings. The van der Waals surface area contributed by atoms with Crippen LogP contribution in [0, 0.1) is 17.0 Å². The maximum Gasteiger partial charge on any atom is 0.288 e. The van der Waals surface area contributed by atoms with Gasteiger partial charge in [0.2, 0.25) is 0 Å². The zero-order chi connectivity index (χ0) is 19.7. The lowest BCUT2D eigenvalue weighted by molar-refractivity contribution is -0.385. The highest BCUT2D eigenvalue weighted by Gasteiger charge is 2.24. The summed E-state index contributed by atoms with van der Waals surface area (Å²) in [5.74, 6) is 0.452. The Morgan fingerprint density at radius 2 is 2.04 bits per heavy atom. The molecule has 0 bridgehead atoms. The third-order valence-corrected chi connectivity index (χ3v) is 4.73. The first-order chi connectivity index (χ1) is 13.5. The summed E-state index contributed by atoms with van der Waals surface area (Å²) in [4.78, 5) is 33.7. The standard InChI is InChI=1S/C20H17N5O3/c1-13-16(9-15(10-22-13)25(27)28)20(26)23-18-6-4-5-14-11-24(12-17(14)18)19-7-2-3-8-21-19/h2-10H,11-12H2,1H3,(H,23,26). The molecule has 2 aromatic heterocycles. The zero-order valence-electron chi connectivity index (χ0n) is 15.1. The first kappa shape index (κ1) is 17.6. The number of hydrogen-bond donors (Lipinski definition) is 1. The molecule has 1 N–H and O–H groups in total. The van der Waals surface area contributed by atoms with E-state index >= 15 is 0 Å². The van der Waals surface area contributed by atoms with E-state index in [4.69, 9.17) is 0 Å². The number of hydrogen-bond acceptors (Lipinski definition) is 6. The molecule has 8 heteroatoms. The Morgan fingerprint density at radius 1 is 1.18 bits per heavy atom. The Morgan fingerprint density at radius 3 is 2.79 bits per heavy atom. The monoisotopic (exact) mass is 375 g/mol. The van der Waals surface area contributed by atoms with Gasteiger partial charge in [0.15, 0.2) is 0 Å². The smallest absolute Gasteiger partial charge is 0.288 e. The predicted molar refractivity (Wildman–Crippen MR) is 104 cm³/mol. The SMILES string of the molecule is Cc1ncc([N+](=O)[O-])cc1C(=O)Nc1cccc2c1CN(c1ccccn1)C2. The van der Waals surface area contributed by atoms with Gasteiger partial charge in [-0.05, 0) is 36.2 Å². The minimum absolute atomic E-state index is 0.186. The van der Waals surface area contributed by atoms with E-state index in [2.05, 4.69) is 20.2 Å². The number of rotatable bonds is 4. The fraction of sp³-hybridized carbons (Fsp3) is 0.150. The molecular weight excluding hydrogens is 358 g/mol. The largest absolute Gasteiger partial charge is 0.348 e. The summed E-state index contributed by atoms with van der Waals surface area (Å²) in [6.07, 6.45) is 2.90.